The van der Waals surface area contributed by atoms with Crippen molar-refractivity contribution in [2.75, 3.05) is 18.0 Å². The highest BCUT2D eigenvalue weighted by Gasteiger charge is 2.22. The standard InChI is InChI=1S/C12H15N3O/c1-14-8-13-12-10(14)3-2-4-11(12)15-6-5-9(16)7-15/h2-4,8-9,16H,5-7H2,1H3/t9-/m1/s1. The third-order valence-electron chi connectivity index (χ3n) is 3.24. The maximum atomic E-state index is 9.57. The molecule has 0 unspecified atom stereocenters. The van der Waals surface area contributed by atoms with Crippen LogP contribution in [0.2, 0.25) is 0 Å². The van der Waals surface area contributed by atoms with Crippen molar-refractivity contribution in [3.63, 3.8) is 0 Å². The van der Waals surface area contributed by atoms with Gasteiger partial charge in [-0.15, -0.1) is 0 Å². The van der Waals surface area contributed by atoms with Crippen molar-refractivity contribution in [3.8, 4) is 0 Å². The zero-order valence-electron chi connectivity index (χ0n) is 9.30. The minimum absolute atomic E-state index is 0.195. The molecule has 2 heterocycles. The predicted molar refractivity (Wildman–Crippen MR) is 63.6 cm³/mol. The number of hydrogen-bond acceptors (Lipinski definition) is 3. The predicted octanol–water partition coefficient (Wildman–Crippen LogP) is 1.14. The van der Waals surface area contributed by atoms with Gasteiger partial charge in [-0.25, -0.2) is 4.98 Å². The Morgan fingerprint density at radius 1 is 1.44 bits per heavy atom. The Morgan fingerprint density at radius 3 is 3.06 bits per heavy atom. The lowest BCUT2D eigenvalue weighted by atomic mass is 10.2. The number of imidazole rings is 1. The molecule has 0 aliphatic carbocycles. The van der Waals surface area contributed by atoms with Crippen LogP contribution < -0.4 is 4.90 Å². The normalized spacial score (nSPS) is 20.9. The summed E-state index contributed by atoms with van der Waals surface area (Å²) in [6.07, 6.45) is 2.49. The van der Waals surface area contributed by atoms with E-state index in [2.05, 4.69) is 22.0 Å². The van der Waals surface area contributed by atoms with Crippen LogP contribution in [0.4, 0.5) is 5.69 Å². The fourth-order valence-corrected chi connectivity index (χ4v) is 2.36. The average Bonchev–Trinajstić information content (AvgIpc) is 2.86. The summed E-state index contributed by atoms with van der Waals surface area (Å²) in [6.45, 7) is 1.63. The molecule has 2 aromatic rings. The molecule has 84 valence electrons. The molecule has 1 saturated heterocycles. The first kappa shape index (κ1) is 9.66. The molecule has 1 aromatic heterocycles. The number of aliphatic hydroxyl groups excluding tert-OH is 1. The number of nitrogens with zero attached hydrogens (tertiary/aromatic N) is 3. The van der Waals surface area contributed by atoms with Gasteiger partial charge in [0.15, 0.2) is 0 Å². The topological polar surface area (TPSA) is 41.3 Å². The fraction of sp³-hybridized carbons (Fsp3) is 0.417. The number of rotatable bonds is 1. The van der Waals surface area contributed by atoms with Gasteiger partial charge in [-0.05, 0) is 18.6 Å². The maximum absolute atomic E-state index is 9.57. The first-order valence-corrected chi connectivity index (χ1v) is 5.59. The Labute approximate surface area is 94.1 Å². The largest absolute Gasteiger partial charge is 0.391 e. The van der Waals surface area contributed by atoms with E-state index in [1.165, 1.54) is 0 Å². The molecule has 0 radical (unpaired) electrons. The van der Waals surface area contributed by atoms with Crippen molar-refractivity contribution in [2.24, 2.45) is 7.05 Å². The second-order valence-corrected chi connectivity index (χ2v) is 4.39. The van der Waals surface area contributed by atoms with Crippen molar-refractivity contribution < 1.29 is 5.11 Å². The van der Waals surface area contributed by atoms with E-state index in [-0.39, 0.29) is 6.10 Å². The van der Waals surface area contributed by atoms with Gasteiger partial charge >= 0.3 is 0 Å². The zero-order chi connectivity index (χ0) is 11.1. The number of aryl methyl sites for hydroxylation is 1. The molecule has 1 aromatic carbocycles. The van der Waals surface area contributed by atoms with Crippen molar-refractivity contribution in [2.45, 2.75) is 12.5 Å². The van der Waals surface area contributed by atoms with E-state index in [9.17, 15) is 5.11 Å². The van der Waals surface area contributed by atoms with Crippen molar-refractivity contribution in [1.29, 1.82) is 0 Å². The molecule has 0 spiro atoms. The summed E-state index contributed by atoms with van der Waals surface area (Å²) in [5.74, 6) is 0. The SMILES string of the molecule is Cn1cnc2c(N3CC[C@@H](O)C3)cccc21. The Hall–Kier alpha value is -1.55. The Bertz CT molecular complexity index is 520. The second kappa shape index (κ2) is 3.49. The molecule has 3 rings (SSSR count). The van der Waals surface area contributed by atoms with Gasteiger partial charge in [0.25, 0.3) is 0 Å². The zero-order valence-corrected chi connectivity index (χ0v) is 9.30. The lowest BCUT2D eigenvalue weighted by Gasteiger charge is -2.18. The molecule has 1 atom stereocenters. The van der Waals surface area contributed by atoms with Crippen LogP contribution >= 0.6 is 0 Å². The van der Waals surface area contributed by atoms with Gasteiger partial charge in [-0.1, -0.05) is 6.07 Å². The summed E-state index contributed by atoms with van der Waals surface area (Å²) < 4.78 is 2.02. The van der Waals surface area contributed by atoms with Gasteiger partial charge < -0.3 is 14.6 Å². The minimum atomic E-state index is -0.195. The molecule has 0 saturated carbocycles. The van der Waals surface area contributed by atoms with Gasteiger partial charge in [0, 0.05) is 20.1 Å². The summed E-state index contributed by atoms with van der Waals surface area (Å²) in [6, 6.07) is 6.19. The Kier molecular flexibility index (Phi) is 2.11. The minimum Gasteiger partial charge on any atom is -0.391 e. The van der Waals surface area contributed by atoms with Gasteiger partial charge in [0.1, 0.15) is 5.52 Å². The van der Waals surface area contributed by atoms with E-state index >= 15 is 0 Å². The van der Waals surface area contributed by atoms with E-state index < -0.39 is 0 Å². The van der Waals surface area contributed by atoms with E-state index in [0.29, 0.717) is 0 Å². The van der Waals surface area contributed by atoms with E-state index in [1.54, 1.807) is 0 Å². The van der Waals surface area contributed by atoms with E-state index in [0.717, 1.165) is 36.2 Å². The summed E-state index contributed by atoms with van der Waals surface area (Å²) in [4.78, 5) is 6.64. The molecule has 1 N–H and O–H groups in total. The third-order valence-corrected chi connectivity index (χ3v) is 3.24. The molecule has 0 bridgehead atoms. The highest BCUT2D eigenvalue weighted by atomic mass is 16.3. The van der Waals surface area contributed by atoms with Gasteiger partial charge in [-0.3, -0.25) is 0 Å². The highest BCUT2D eigenvalue weighted by molar-refractivity contribution is 5.89. The number of aromatic nitrogens is 2. The van der Waals surface area contributed by atoms with Crippen LogP contribution in [0.25, 0.3) is 11.0 Å². The molecule has 0 amide bonds. The van der Waals surface area contributed by atoms with Crippen LogP contribution in [0, 0.1) is 0 Å². The molecule has 1 aliphatic rings. The Morgan fingerprint density at radius 2 is 2.31 bits per heavy atom. The number of para-hydroxylation sites is 1. The number of benzene rings is 1. The van der Waals surface area contributed by atoms with Crippen molar-refractivity contribution in [1.82, 2.24) is 9.55 Å². The lowest BCUT2D eigenvalue weighted by molar-refractivity contribution is 0.198. The smallest absolute Gasteiger partial charge is 0.112 e. The van der Waals surface area contributed by atoms with Gasteiger partial charge in [0.2, 0.25) is 0 Å². The Balaban J connectivity index is 2.09. The molecule has 1 aliphatic heterocycles. The molecule has 4 heteroatoms. The number of hydrogen-bond donors (Lipinski definition) is 1. The molecule has 16 heavy (non-hydrogen) atoms. The number of aliphatic hydroxyl groups is 1. The number of fused-ring (bicyclic) bond motifs is 1. The molecular formula is C12H15N3O. The molecule has 1 fully saturated rings. The van der Waals surface area contributed by atoms with Crippen LogP contribution in [0.15, 0.2) is 24.5 Å². The van der Waals surface area contributed by atoms with Crippen LogP contribution in [0.1, 0.15) is 6.42 Å². The van der Waals surface area contributed by atoms with Gasteiger partial charge in [-0.2, -0.15) is 0 Å². The quantitative estimate of drug-likeness (QED) is 0.779. The third kappa shape index (κ3) is 1.38. The monoisotopic (exact) mass is 217 g/mol. The number of anilines is 1. The number of β-amino-alcohol motifs (C(OH)–C–C–N with tert-alkyl or cyclic N) is 1. The molecular weight excluding hydrogens is 202 g/mol. The maximum Gasteiger partial charge on any atom is 0.112 e. The first-order valence-electron chi connectivity index (χ1n) is 5.59. The van der Waals surface area contributed by atoms with E-state index in [1.807, 2.05) is 24.0 Å². The summed E-state index contributed by atoms with van der Waals surface area (Å²) in [7, 11) is 2.00. The van der Waals surface area contributed by atoms with Crippen LogP contribution in [-0.4, -0.2) is 33.9 Å². The van der Waals surface area contributed by atoms with Crippen LogP contribution in [0.5, 0.6) is 0 Å². The average molecular weight is 217 g/mol. The second-order valence-electron chi connectivity index (χ2n) is 4.39. The van der Waals surface area contributed by atoms with E-state index in [4.69, 9.17) is 0 Å². The van der Waals surface area contributed by atoms with Crippen molar-refractivity contribution in [3.05, 3.63) is 24.5 Å². The summed E-state index contributed by atoms with van der Waals surface area (Å²) >= 11 is 0. The molecule has 4 nitrogen and oxygen atoms in total. The fourth-order valence-electron chi connectivity index (χ4n) is 2.36. The first-order chi connectivity index (χ1) is 7.75. The highest BCUT2D eigenvalue weighted by Crippen LogP contribution is 2.27. The van der Waals surface area contributed by atoms with Gasteiger partial charge in [0.05, 0.1) is 23.6 Å². The summed E-state index contributed by atoms with van der Waals surface area (Å²) in [5, 5.41) is 9.57. The van der Waals surface area contributed by atoms with Crippen molar-refractivity contribution >= 4 is 16.7 Å². The van der Waals surface area contributed by atoms with Crippen LogP contribution in [-0.2, 0) is 7.05 Å². The van der Waals surface area contributed by atoms with Crippen LogP contribution in [0.3, 0.4) is 0 Å². The lowest BCUT2D eigenvalue weighted by Crippen LogP contribution is -2.21. The summed E-state index contributed by atoms with van der Waals surface area (Å²) in [5.41, 5.74) is 3.30.